The van der Waals surface area contributed by atoms with Crippen molar-refractivity contribution >= 4 is 33.4 Å². The quantitative estimate of drug-likeness (QED) is 0.624. The Morgan fingerprint density at radius 1 is 1.04 bits per heavy atom. The van der Waals surface area contributed by atoms with Crippen molar-refractivity contribution in [3.8, 4) is 0 Å². The first-order chi connectivity index (χ1) is 12.9. The highest BCUT2D eigenvalue weighted by Gasteiger charge is 2.22. The number of carbonyl (C=O) groups excluding carboxylic acids is 1. The van der Waals surface area contributed by atoms with Crippen LogP contribution in [0, 0.1) is 0 Å². The van der Waals surface area contributed by atoms with Crippen LogP contribution in [0.4, 0.5) is 5.69 Å². The van der Waals surface area contributed by atoms with Crippen LogP contribution in [0.2, 0.25) is 0 Å². The number of unbranched alkanes of at least 4 members (excludes halogenated alkanes) is 1. The summed E-state index contributed by atoms with van der Waals surface area (Å²) in [5, 5.41) is 2.82. The highest BCUT2D eigenvalue weighted by atomic mass is 32.2. The summed E-state index contributed by atoms with van der Waals surface area (Å²) in [5.74, 6) is -0.269. The number of benzene rings is 2. The maximum Gasteiger partial charge on any atom is 0.255 e. The van der Waals surface area contributed by atoms with E-state index in [1.165, 1.54) is 16.4 Å². The van der Waals surface area contributed by atoms with Crippen molar-refractivity contribution in [1.29, 1.82) is 0 Å². The molecule has 0 heterocycles. The summed E-state index contributed by atoms with van der Waals surface area (Å²) >= 11 is 1.63. The van der Waals surface area contributed by atoms with Crippen LogP contribution in [0.5, 0.6) is 0 Å². The molecule has 0 aromatic heterocycles. The second-order valence-corrected chi connectivity index (χ2v) is 8.87. The van der Waals surface area contributed by atoms with Crippen LogP contribution < -0.4 is 5.32 Å². The van der Waals surface area contributed by atoms with Gasteiger partial charge in [-0.15, -0.1) is 11.8 Å². The maximum atomic E-state index is 12.7. The van der Waals surface area contributed by atoms with Crippen LogP contribution in [0.15, 0.2) is 58.3 Å². The Balaban J connectivity index is 2.11. The Morgan fingerprint density at radius 2 is 1.67 bits per heavy atom. The molecular weight excluding hydrogens is 380 g/mol. The number of nitrogens with zero attached hydrogens (tertiary/aromatic N) is 1. The number of amides is 1. The number of nitrogens with one attached hydrogen (secondary N) is 1. The topological polar surface area (TPSA) is 66.5 Å². The fourth-order valence-corrected chi connectivity index (χ4v) is 4.48. The van der Waals surface area contributed by atoms with Crippen LogP contribution in [-0.2, 0) is 10.0 Å². The van der Waals surface area contributed by atoms with Gasteiger partial charge in [0.1, 0.15) is 0 Å². The molecule has 0 radical (unpaired) electrons. The van der Waals surface area contributed by atoms with Gasteiger partial charge in [-0.2, -0.15) is 4.31 Å². The van der Waals surface area contributed by atoms with Gasteiger partial charge in [-0.1, -0.05) is 20.3 Å². The molecule has 0 unspecified atom stereocenters. The summed E-state index contributed by atoms with van der Waals surface area (Å²) in [6, 6.07) is 13.6. The highest BCUT2D eigenvalue weighted by Crippen LogP contribution is 2.20. The third kappa shape index (κ3) is 5.57. The van der Waals surface area contributed by atoms with Gasteiger partial charge in [0.05, 0.1) is 4.90 Å². The standard InChI is InChI=1S/C20H26N2O3S2/c1-4-6-15-22(5-2)27(24,25)19-13-7-16(8-14-19)20(23)21-17-9-11-18(26-3)12-10-17/h7-14H,4-6,15H2,1-3H3,(H,21,23). The van der Waals surface area contributed by atoms with Gasteiger partial charge in [-0.25, -0.2) is 8.42 Å². The zero-order valence-corrected chi connectivity index (χ0v) is 17.6. The minimum atomic E-state index is -3.53. The van der Waals surface area contributed by atoms with Crippen molar-refractivity contribution in [3.05, 3.63) is 54.1 Å². The first-order valence-corrected chi connectivity index (χ1v) is 11.6. The van der Waals surface area contributed by atoms with Gasteiger partial charge in [0, 0.05) is 29.2 Å². The first-order valence-electron chi connectivity index (χ1n) is 8.98. The molecule has 0 fully saturated rings. The summed E-state index contributed by atoms with van der Waals surface area (Å²) in [4.78, 5) is 13.7. The molecule has 0 aliphatic rings. The summed E-state index contributed by atoms with van der Waals surface area (Å²) in [6.07, 6.45) is 3.75. The molecule has 0 aliphatic heterocycles. The fourth-order valence-electron chi connectivity index (χ4n) is 2.59. The van der Waals surface area contributed by atoms with Crippen molar-refractivity contribution in [3.63, 3.8) is 0 Å². The normalized spacial score (nSPS) is 11.6. The zero-order chi connectivity index (χ0) is 19.9. The first kappa shape index (κ1) is 21.5. The van der Waals surface area contributed by atoms with Gasteiger partial charge >= 0.3 is 0 Å². The van der Waals surface area contributed by atoms with E-state index in [9.17, 15) is 13.2 Å². The van der Waals surface area contributed by atoms with Crippen molar-refractivity contribution in [1.82, 2.24) is 4.31 Å². The van der Waals surface area contributed by atoms with Gasteiger partial charge in [0.25, 0.3) is 5.91 Å². The Bertz CT molecular complexity index is 848. The molecule has 27 heavy (non-hydrogen) atoms. The molecule has 2 aromatic carbocycles. The van der Waals surface area contributed by atoms with Gasteiger partial charge in [0.15, 0.2) is 0 Å². The number of rotatable bonds is 9. The van der Waals surface area contributed by atoms with Crippen molar-refractivity contribution in [2.75, 3.05) is 24.7 Å². The number of carbonyl (C=O) groups is 1. The molecule has 146 valence electrons. The lowest BCUT2D eigenvalue weighted by molar-refractivity contribution is 0.102. The number of anilines is 1. The van der Waals surface area contributed by atoms with Crippen molar-refractivity contribution in [2.45, 2.75) is 36.5 Å². The summed E-state index contributed by atoms with van der Waals surface area (Å²) in [6.45, 7) is 4.79. The molecule has 0 saturated carbocycles. The molecule has 0 bridgehead atoms. The Morgan fingerprint density at radius 3 is 2.19 bits per heavy atom. The number of hydrogen-bond acceptors (Lipinski definition) is 4. The van der Waals surface area contributed by atoms with E-state index in [1.807, 2.05) is 44.4 Å². The van der Waals surface area contributed by atoms with E-state index >= 15 is 0 Å². The van der Waals surface area contributed by atoms with Crippen LogP contribution in [0.3, 0.4) is 0 Å². The van der Waals surface area contributed by atoms with Gasteiger partial charge in [0.2, 0.25) is 10.0 Å². The molecule has 0 spiro atoms. The number of thioether (sulfide) groups is 1. The Kier molecular flexibility index (Phi) is 7.89. The SMILES string of the molecule is CCCCN(CC)S(=O)(=O)c1ccc(C(=O)Nc2ccc(SC)cc2)cc1. The highest BCUT2D eigenvalue weighted by molar-refractivity contribution is 7.98. The zero-order valence-electron chi connectivity index (χ0n) is 15.9. The van der Waals surface area contributed by atoms with E-state index in [0.717, 1.165) is 17.7 Å². The maximum absolute atomic E-state index is 12.7. The fraction of sp³-hybridized carbons (Fsp3) is 0.350. The lowest BCUT2D eigenvalue weighted by Crippen LogP contribution is -2.31. The molecular formula is C20H26N2O3S2. The molecule has 7 heteroatoms. The van der Waals surface area contributed by atoms with E-state index in [2.05, 4.69) is 5.32 Å². The second kappa shape index (κ2) is 9.92. The third-order valence-electron chi connectivity index (χ3n) is 4.22. The molecule has 1 amide bonds. The third-order valence-corrected chi connectivity index (χ3v) is 6.95. The molecule has 2 rings (SSSR count). The van der Waals surface area contributed by atoms with E-state index in [0.29, 0.717) is 24.3 Å². The monoisotopic (exact) mass is 406 g/mol. The molecule has 0 atom stereocenters. The Labute approximate surface area is 166 Å². The average Bonchev–Trinajstić information content (AvgIpc) is 2.69. The Hall–Kier alpha value is -1.83. The second-order valence-electron chi connectivity index (χ2n) is 6.06. The lowest BCUT2D eigenvalue weighted by atomic mass is 10.2. The molecule has 5 nitrogen and oxygen atoms in total. The molecule has 2 aromatic rings. The molecule has 0 aliphatic carbocycles. The summed E-state index contributed by atoms with van der Waals surface area (Å²) < 4.78 is 26.9. The van der Waals surface area contributed by atoms with Crippen LogP contribution >= 0.6 is 11.8 Å². The smallest absolute Gasteiger partial charge is 0.255 e. The van der Waals surface area contributed by atoms with Crippen LogP contribution in [-0.4, -0.2) is 38.0 Å². The molecule has 1 N–H and O–H groups in total. The van der Waals surface area contributed by atoms with Crippen LogP contribution in [0.25, 0.3) is 0 Å². The minimum absolute atomic E-state index is 0.210. The lowest BCUT2D eigenvalue weighted by Gasteiger charge is -2.20. The largest absolute Gasteiger partial charge is 0.322 e. The van der Waals surface area contributed by atoms with Gasteiger partial charge < -0.3 is 5.32 Å². The molecule has 0 saturated heterocycles. The predicted octanol–water partition coefficient (Wildman–Crippen LogP) is 4.47. The summed E-state index contributed by atoms with van der Waals surface area (Å²) in [7, 11) is -3.53. The van der Waals surface area contributed by atoms with Crippen molar-refractivity contribution < 1.29 is 13.2 Å². The minimum Gasteiger partial charge on any atom is -0.322 e. The van der Waals surface area contributed by atoms with E-state index in [1.54, 1.807) is 23.9 Å². The predicted molar refractivity (Wildman–Crippen MR) is 112 cm³/mol. The van der Waals surface area contributed by atoms with Crippen molar-refractivity contribution in [2.24, 2.45) is 0 Å². The summed E-state index contributed by atoms with van der Waals surface area (Å²) in [5.41, 5.74) is 1.12. The number of hydrogen-bond donors (Lipinski definition) is 1. The van der Waals surface area contributed by atoms with Gasteiger partial charge in [-0.3, -0.25) is 4.79 Å². The van der Waals surface area contributed by atoms with E-state index < -0.39 is 10.0 Å². The van der Waals surface area contributed by atoms with Gasteiger partial charge in [-0.05, 0) is 61.2 Å². The average molecular weight is 407 g/mol. The van der Waals surface area contributed by atoms with Crippen LogP contribution in [0.1, 0.15) is 37.0 Å². The van der Waals surface area contributed by atoms with E-state index in [4.69, 9.17) is 0 Å². The van der Waals surface area contributed by atoms with E-state index in [-0.39, 0.29) is 10.8 Å². The number of sulfonamides is 1.